The smallest absolute Gasteiger partial charge is 0.419 e. The fraction of sp³-hybridized carbons (Fsp3) is 0.514. The predicted molar refractivity (Wildman–Crippen MR) is 509 cm³/mol. The Kier molecular flexibility index (Phi) is 38.1. The first-order valence-corrected chi connectivity index (χ1v) is 49.8. The lowest BCUT2D eigenvalue weighted by Gasteiger charge is -2.37. The largest absolute Gasteiger partial charge is 0.478 e. The zero-order valence-electron chi connectivity index (χ0n) is 82.9. The molecule has 0 aliphatic carbocycles. The molecule has 5 heterocycles. The second-order valence-corrected chi connectivity index (χ2v) is 47.7. The average Bonchev–Trinajstić information content (AvgIpc) is 1.61. The molecule has 0 saturated carbocycles. The number of epoxide rings is 5. The molecule has 0 bridgehead atoms. The second-order valence-electron chi connectivity index (χ2n) is 42.4. The van der Waals surface area contributed by atoms with Gasteiger partial charge in [0.1, 0.15) is 14.4 Å². The van der Waals surface area contributed by atoms with Crippen molar-refractivity contribution >= 4 is 54.0 Å². The highest BCUT2D eigenvalue weighted by molar-refractivity contribution is 9.08. The number of benzene rings is 7. The van der Waals surface area contributed by atoms with Gasteiger partial charge >= 0.3 is 49.2 Å². The van der Waals surface area contributed by atoms with Gasteiger partial charge in [0, 0.05) is 40.4 Å². The van der Waals surface area contributed by atoms with E-state index in [0.29, 0.717) is 45.0 Å². The Morgan fingerprint density at radius 1 is 0.375 bits per heavy atom. The number of rotatable bonds is 29. The summed E-state index contributed by atoms with van der Waals surface area (Å²) in [6, 6.07) is 46.8. The molecule has 0 radical (unpaired) electrons. The second kappa shape index (κ2) is 44.7. The number of aromatic carboxylic acids is 1. The molecular weight excluding hydrogens is 2020 g/mol. The zero-order chi connectivity index (χ0) is 110. The van der Waals surface area contributed by atoms with E-state index in [-0.39, 0.29) is 87.4 Å². The number of ether oxygens (including phenoxy) is 5. The lowest BCUT2D eigenvalue weighted by molar-refractivity contribution is -0.264. The van der Waals surface area contributed by atoms with Crippen LogP contribution >= 0.6 is 15.9 Å². The van der Waals surface area contributed by atoms with Crippen molar-refractivity contribution in [2.45, 2.75) is 307 Å². The summed E-state index contributed by atoms with van der Waals surface area (Å²) >= 11 is 3.38. The molecule has 5 fully saturated rings. The van der Waals surface area contributed by atoms with Crippen LogP contribution in [-0.2, 0) is 66.9 Å². The number of hydrogen-bond acceptors (Lipinski definition) is 12. The number of aryl methyl sites for hydroxylation is 1. The van der Waals surface area contributed by atoms with Crippen molar-refractivity contribution in [2.75, 3.05) is 33.0 Å². The normalized spacial score (nSPS) is 20.5. The van der Waals surface area contributed by atoms with E-state index < -0.39 is 178 Å². The number of amides is 3. The lowest BCUT2D eigenvalue weighted by Crippen LogP contribution is -2.49. The molecule has 5 aliphatic heterocycles. The molecule has 144 heavy (non-hydrogen) atoms. The van der Waals surface area contributed by atoms with Crippen LogP contribution in [-0.4, -0.2) is 169 Å². The van der Waals surface area contributed by atoms with E-state index in [4.69, 9.17) is 38.2 Å². The summed E-state index contributed by atoms with van der Waals surface area (Å²) in [6.45, 7) is 29.6. The van der Waals surface area contributed by atoms with Crippen molar-refractivity contribution in [3.63, 3.8) is 0 Å². The average molecular weight is 2140 g/mol. The van der Waals surface area contributed by atoms with Crippen molar-refractivity contribution in [1.82, 2.24) is 0 Å². The Morgan fingerprint density at radius 3 is 0.875 bits per heavy atom. The Morgan fingerprint density at radius 2 is 0.611 bits per heavy atom. The summed E-state index contributed by atoms with van der Waals surface area (Å²) in [4.78, 5) is 56.7. The van der Waals surface area contributed by atoms with E-state index in [1.807, 2.05) is 109 Å². The van der Waals surface area contributed by atoms with Gasteiger partial charge in [-0.05, 0) is 164 Å². The van der Waals surface area contributed by atoms with Crippen LogP contribution in [0.3, 0.4) is 0 Å². The number of primary amides is 3. The van der Waals surface area contributed by atoms with Gasteiger partial charge in [-0.25, -0.2) is 4.79 Å². The molecule has 12 rings (SSSR count). The van der Waals surface area contributed by atoms with Crippen LogP contribution in [0.2, 0.25) is 19.6 Å². The highest BCUT2D eigenvalue weighted by atomic mass is 79.9. The third-order valence-corrected chi connectivity index (χ3v) is 27.2. The van der Waals surface area contributed by atoms with Gasteiger partial charge in [0.25, 0.3) is 0 Å². The van der Waals surface area contributed by atoms with Crippen molar-refractivity contribution < 1.29 is 155 Å². The van der Waals surface area contributed by atoms with E-state index in [9.17, 15) is 126 Å². The number of aldehydes is 1. The first-order valence-electron chi connectivity index (χ1n) is 45.1. The van der Waals surface area contributed by atoms with E-state index in [1.54, 1.807) is 146 Å². The summed E-state index contributed by atoms with van der Waals surface area (Å²) in [6.07, 6.45) is -29.6. The van der Waals surface area contributed by atoms with Crippen LogP contribution in [0.1, 0.15) is 257 Å². The Hall–Kier alpha value is -9.84. The van der Waals surface area contributed by atoms with Crippen LogP contribution in [0, 0.1) is 30.7 Å². The van der Waals surface area contributed by atoms with E-state index >= 15 is 0 Å². The van der Waals surface area contributed by atoms with Gasteiger partial charge in [0.2, 0.25) is 17.7 Å². The highest BCUT2D eigenvalue weighted by Crippen LogP contribution is 2.58. The van der Waals surface area contributed by atoms with Crippen LogP contribution in [0.15, 0.2) is 170 Å². The maximum atomic E-state index is 13.6. The van der Waals surface area contributed by atoms with Gasteiger partial charge < -0.3 is 56.2 Å². The van der Waals surface area contributed by atoms with Crippen molar-refractivity contribution in [1.29, 1.82) is 0 Å². The van der Waals surface area contributed by atoms with Gasteiger partial charge in [0.15, 0.2) is 39.2 Å². The van der Waals surface area contributed by atoms with Crippen LogP contribution in [0.25, 0.3) is 0 Å². The molecule has 5 saturated heterocycles. The van der Waals surface area contributed by atoms with E-state index in [2.05, 4.69) is 41.6 Å². The first-order chi connectivity index (χ1) is 65.3. The third kappa shape index (κ3) is 30.9. The van der Waals surface area contributed by atoms with E-state index in [1.165, 1.54) is 44.2 Å². The zero-order valence-corrected chi connectivity index (χ0v) is 85.5. The summed E-state index contributed by atoms with van der Waals surface area (Å²) in [7, 11) is -1.86. The number of nitrogens with two attached hydrogens (primary N) is 3. The van der Waals surface area contributed by atoms with Gasteiger partial charge in [-0.3, -0.25) is 19.2 Å². The molecule has 7 aromatic carbocycles. The molecule has 0 aromatic heterocycles. The van der Waals surface area contributed by atoms with Gasteiger partial charge in [-0.2, -0.15) is 92.2 Å². The van der Waals surface area contributed by atoms with Gasteiger partial charge in [0.05, 0.1) is 38.6 Å². The number of carboxylic acid groups (broad SMARTS) is 1. The summed E-state index contributed by atoms with van der Waals surface area (Å²) in [5, 5.41) is 30.2. The molecule has 0 unspecified atom stereocenters. The minimum atomic E-state index is -4.88. The molecule has 7 aromatic rings. The van der Waals surface area contributed by atoms with Crippen molar-refractivity contribution in [3.05, 3.63) is 248 Å². The summed E-state index contributed by atoms with van der Waals surface area (Å²) < 4.78 is 298. The summed E-state index contributed by atoms with van der Waals surface area (Å²) in [5.41, 5.74) is 3.60. The van der Waals surface area contributed by atoms with Crippen LogP contribution < -0.4 is 17.2 Å². The summed E-state index contributed by atoms with van der Waals surface area (Å²) in [5.74, 6) is 1.15. The number of halogens is 22. The Labute approximate surface area is 833 Å². The quantitative estimate of drug-likeness (QED) is 0.00636. The SMILES string of the molecule is C#CC[C@](O)(CC(C)(C)c1ccccc1C(N)=O)C(F)(F)F.CC(C)(C[C@@](O)(CC#C[Si](C)(C)C)C(F)(F)F)c1ccccc1C(N)=O.CC(C)(C[C@]1(C(F)(F)F)CO1)c1ccccc1C(=O)O.CC(C)(C[C@]1(C(F)(F)F)CO1)c1ccccc1C(N)=O.CC(C)(C[C@]1(C(F)(F)F)CO1)c1ccccc1C=O.CC(C)(C[C@]1(C(F)(F)F)CO1)c1ccccc1CBr.Cc1ccccc1C(C)(C)C[C@]1(C(F)(F)F)CO1. The lowest BCUT2D eigenvalue weighted by atomic mass is 9.72. The molecule has 39 heteroatoms. The first kappa shape index (κ1) is 123. The molecular formula is C105H123BrF21N3O13Si. The number of carbonyl (C=O) groups is 5. The molecule has 5 aliphatic rings. The van der Waals surface area contributed by atoms with Crippen LogP contribution in [0.4, 0.5) is 92.2 Å². The maximum Gasteiger partial charge on any atom is 0.419 e. The molecule has 0 spiro atoms. The topological polar surface area (TPSA) is 287 Å². The number of terminal acetylenes is 1. The fourth-order valence-electron chi connectivity index (χ4n) is 18.1. The Balaban J connectivity index is 0.000000258. The number of aliphatic hydroxyl groups is 2. The Bertz CT molecular complexity index is 5640. The van der Waals surface area contributed by atoms with E-state index in [0.717, 1.165) is 22.3 Å². The predicted octanol–water partition coefficient (Wildman–Crippen LogP) is 25.0. The monoisotopic (exact) mass is 2140 g/mol. The minimum Gasteiger partial charge on any atom is -0.478 e. The maximum absolute atomic E-state index is 13.6. The minimum absolute atomic E-state index is 0.0236. The number of alkyl halides is 22. The van der Waals surface area contributed by atoms with Crippen molar-refractivity contribution in [3.8, 4) is 23.8 Å². The molecule has 16 nitrogen and oxygen atoms in total. The molecule has 7 atom stereocenters. The van der Waals surface area contributed by atoms with Crippen molar-refractivity contribution in [2.24, 2.45) is 17.2 Å². The molecule has 794 valence electrons. The number of hydrogen-bond donors (Lipinski definition) is 6. The third-order valence-electron chi connectivity index (χ3n) is 25.7. The molecule has 3 amide bonds. The highest BCUT2D eigenvalue weighted by Gasteiger charge is 2.72. The van der Waals surface area contributed by atoms with Gasteiger partial charge in [-0.15, -0.1) is 23.8 Å². The standard InChI is InChI=1S/C19H26F3NO2Si.C16H18F3NO2.C14H16BrF3O.C14H16F3NO2.C14H15F3O3.C14H15F3O2.C14H17F3O/c1-17(2,15-10-7-6-9-14(15)16(23)24)13-18(25,19(20,21)22)11-8-12-26(3,4)5;1-4-9-15(22,16(17,18)19)10-14(2,3)12-8-6-5-7-11(12)13(20)21;1-12(2,8-13(9-19-13)14(16,17)18)11-6-4-3-5-10(11)7-15;2*1-12(2,7-13(8-20-13)14(15,16)17)10-6-4-3-5-9(10)11(18)19;1-12(2,8-13(9-19-13)14(15,16)17)11-6-4-3-5-10(11)7-18;1-10-6-4-5-7-11(10)12(2,3)8-13(9-18-13)14(15,16)17/h6-7,9-10,25H,11,13H2,1-5H3,(H2,23,24);1,5-8,22H,9-10H2,2-3H3,(H2,20,21);3-6H,7-9H2,1-2H3;3-6H,7-8H2,1-2H3,(H2,18,19);3-6H,7-8H2,1-2H3,(H,18,19);3-7H,8-9H2,1-2H3;4-7H,8-9H2,1-3H3/t18-;15-;5*13-/m0011111/s1. The fourth-order valence-corrected chi connectivity index (χ4v) is 19.2. The van der Waals surface area contributed by atoms with Gasteiger partial charge in [-0.1, -0.05) is 278 Å². The number of carboxylic acids is 1. The number of carbonyl (C=O) groups excluding carboxylic acids is 4. The molecule has 9 N–H and O–H groups in total. The van der Waals surface area contributed by atoms with Crippen LogP contribution in [0.5, 0.6) is 0 Å².